The summed E-state index contributed by atoms with van der Waals surface area (Å²) in [5.41, 5.74) is 2.81. The van der Waals surface area contributed by atoms with Crippen LogP contribution in [0.2, 0.25) is 0 Å². The van der Waals surface area contributed by atoms with Crippen LogP contribution in [0.3, 0.4) is 0 Å². The third kappa shape index (κ3) is 2.34. The Bertz CT molecular complexity index is 452. The molecule has 0 fully saturated rings. The van der Waals surface area contributed by atoms with Crippen molar-refractivity contribution in [3.63, 3.8) is 0 Å². The van der Waals surface area contributed by atoms with Crippen molar-refractivity contribution >= 4 is 31.7 Å². The van der Waals surface area contributed by atoms with Crippen molar-refractivity contribution in [3.05, 3.63) is 29.1 Å². The van der Waals surface area contributed by atoms with Crippen LogP contribution >= 0.6 is 14.1 Å². The Morgan fingerprint density at radius 3 is 2.00 bits per heavy atom. The summed E-state index contributed by atoms with van der Waals surface area (Å²) in [5, 5.41) is 0. The minimum absolute atomic E-state index is 0.0454. The predicted octanol–water partition coefficient (Wildman–Crippen LogP) is 3.81. The average molecular weight is 364 g/mol. The summed E-state index contributed by atoms with van der Waals surface area (Å²) in [5.74, 6) is -0.0496. The van der Waals surface area contributed by atoms with Crippen molar-refractivity contribution in [1.82, 2.24) is 0 Å². The normalized spacial score (nSPS) is 21.1. The van der Waals surface area contributed by atoms with Crippen LogP contribution in [0.15, 0.2) is 12.1 Å². The van der Waals surface area contributed by atoms with Crippen LogP contribution in [0.1, 0.15) is 51.7 Å². The van der Waals surface area contributed by atoms with E-state index in [1.165, 1.54) is 17.5 Å². The van der Waals surface area contributed by atoms with Gasteiger partial charge in [-0.3, -0.25) is 0 Å². The maximum atomic E-state index is 14.0. The Hall–Kier alpha value is 0.149. The fourth-order valence-electron chi connectivity index (χ4n) is 2.63. The van der Waals surface area contributed by atoms with Gasteiger partial charge in [-0.2, -0.15) is 0 Å². The molecule has 1 aliphatic carbocycles. The summed E-state index contributed by atoms with van der Waals surface area (Å²) in [6, 6.07) is 3.86. The molecule has 0 saturated heterocycles. The van der Waals surface area contributed by atoms with Gasteiger partial charge in [0.2, 0.25) is 0 Å². The molecule has 1 aromatic rings. The van der Waals surface area contributed by atoms with Gasteiger partial charge in [0.05, 0.1) is 0 Å². The first-order valence-corrected chi connectivity index (χ1v) is 10.8. The zero-order chi connectivity index (χ0) is 12.8. The summed E-state index contributed by atoms with van der Waals surface area (Å²) < 4.78 is 14.8. The van der Waals surface area contributed by atoms with E-state index in [2.05, 4.69) is 47.9 Å². The first-order valence-electron chi connectivity index (χ1n) is 5.91. The second-order valence-electron chi connectivity index (χ2n) is 6.17. The van der Waals surface area contributed by atoms with Gasteiger partial charge in [-0.25, -0.2) is 0 Å². The zero-order valence-electron chi connectivity index (χ0n) is 10.7. The van der Waals surface area contributed by atoms with Crippen molar-refractivity contribution in [2.45, 2.75) is 51.4 Å². The molecule has 0 spiro atoms. The number of rotatable bonds is 1. The molecule has 0 nitrogen and oxygen atoms in total. The molecule has 1 aromatic carbocycles. The van der Waals surface area contributed by atoms with Gasteiger partial charge >= 0.3 is 117 Å². The monoisotopic (exact) mass is 364 g/mol. The van der Waals surface area contributed by atoms with E-state index in [0.717, 1.165) is 10.9 Å². The van der Waals surface area contributed by atoms with Crippen LogP contribution in [0.25, 0.3) is 0 Å². The van der Waals surface area contributed by atoms with E-state index in [-0.39, 0.29) is 29.8 Å². The van der Waals surface area contributed by atoms with Gasteiger partial charge < -0.3 is 0 Å². The van der Waals surface area contributed by atoms with Crippen molar-refractivity contribution in [2.75, 3.05) is 0 Å². The molecule has 0 saturated carbocycles. The molecule has 0 unspecified atom stereocenters. The van der Waals surface area contributed by atoms with E-state index >= 15 is 0 Å². The van der Waals surface area contributed by atoms with Gasteiger partial charge in [-0.05, 0) is 0 Å². The SMILES string of the molecule is CC1(C)CCC(C)(C)c2cc([Se]Br)c(F)cc21. The van der Waals surface area contributed by atoms with E-state index in [1.807, 2.05) is 0 Å². The van der Waals surface area contributed by atoms with E-state index in [9.17, 15) is 4.39 Å². The van der Waals surface area contributed by atoms with Crippen LogP contribution in [-0.4, -0.2) is 13.1 Å². The van der Waals surface area contributed by atoms with Crippen LogP contribution < -0.4 is 4.46 Å². The van der Waals surface area contributed by atoms with Crippen molar-refractivity contribution < 1.29 is 4.39 Å². The topological polar surface area (TPSA) is 0 Å². The summed E-state index contributed by atoms with van der Waals surface area (Å²) in [7, 11) is 0. The third-order valence-electron chi connectivity index (χ3n) is 3.99. The summed E-state index contributed by atoms with van der Waals surface area (Å²) >= 11 is 3.47. The molecule has 1 aliphatic rings. The Balaban J connectivity index is 2.68. The number of fused-ring (bicyclic) bond motifs is 1. The number of benzene rings is 1. The maximum absolute atomic E-state index is 14.0. The van der Waals surface area contributed by atoms with Gasteiger partial charge in [0.25, 0.3) is 0 Å². The van der Waals surface area contributed by atoms with Crippen molar-refractivity contribution in [2.24, 2.45) is 0 Å². The van der Waals surface area contributed by atoms with Crippen LogP contribution in [0, 0.1) is 5.82 Å². The molecule has 94 valence electrons. The zero-order valence-corrected chi connectivity index (χ0v) is 14.0. The molecule has 0 aliphatic heterocycles. The minimum atomic E-state index is -0.0496. The summed E-state index contributed by atoms with van der Waals surface area (Å²) in [6.45, 7) is 8.98. The van der Waals surface area contributed by atoms with Crippen LogP contribution in [-0.2, 0) is 10.8 Å². The first-order chi connectivity index (χ1) is 7.78. The summed E-state index contributed by atoms with van der Waals surface area (Å²) in [4.78, 5) is 0. The van der Waals surface area contributed by atoms with Gasteiger partial charge in [0.15, 0.2) is 0 Å². The molecule has 0 amide bonds. The van der Waals surface area contributed by atoms with Gasteiger partial charge in [-0.15, -0.1) is 0 Å². The van der Waals surface area contributed by atoms with Crippen molar-refractivity contribution in [3.8, 4) is 0 Å². The molecule has 0 atom stereocenters. The molecule has 0 heterocycles. The van der Waals surface area contributed by atoms with E-state index in [4.69, 9.17) is 0 Å². The van der Waals surface area contributed by atoms with Crippen LogP contribution in [0.5, 0.6) is 0 Å². The third-order valence-corrected chi connectivity index (χ3v) is 6.81. The second kappa shape index (κ2) is 4.36. The van der Waals surface area contributed by atoms with E-state index in [1.54, 1.807) is 6.07 Å². The van der Waals surface area contributed by atoms with E-state index < -0.39 is 0 Å². The molecule has 0 bridgehead atoms. The quantitative estimate of drug-likeness (QED) is 0.665. The fraction of sp³-hybridized carbons (Fsp3) is 0.571. The Morgan fingerprint density at radius 1 is 1.06 bits per heavy atom. The molecule has 0 radical (unpaired) electrons. The Labute approximate surface area is 116 Å². The second-order valence-corrected chi connectivity index (χ2v) is 9.10. The average Bonchev–Trinajstić information content (AvgIpc) is 2.24. The van der Waals surface area contributed by atoms with E-state index in [0.29, 0.717) is 0 Å². The van der Waals surface area contributed by atoms with Crippen molar-refractivity contribution in [1.29, 1.82) is 0 Å². The molecular weight excluding hydrogens is 346 g/mol. The first kappa shape index (κ1) is 13.6. The molecule has 17 heavy (non-hydrogen) atoms. The van der Waals surface area contributed by atoms with Gasteiger partial charge in [0.1, 0.15) is 0 Å². The number of hydrogen-bond acceptors (Lipinski definition) is 0. The van der Waals surface area contributed by atoms with Crippen LogP contribution in [0.4, 0.5) is 4.39 Å². The predicted molar refractivity (Wildman–Crippen MR) is 76.0 cm³/mol. The molecule has 3 heteroatoms. The number of hydrogen-bond donors (Lipinski definition) is 0. The summed E-state index contributed by atoms with van der Waals surface area (Å²) in [6.07, 6.45) is 2.30. The Morgan fingerprint density at radius 2 is 1.53 bits per heavy atom. The molecule has 2 rings (SSSR count). The molecule has 0 N–H and O–H groups in total. The number of halogens is 2. The molecular formula is C14H18BrFSe. The Kier molecular flexibility index (Phi) is 3.48. The standard InChI is InChI=1S/C14H18BrFSe/c1-13(2)5-6-14(3,4)10-8-12(17-15)11(16)7-9(10)13/h7-8H,5-6H2,1-4H3. The van der Waals surface area contributed by atoms with Gasteiger partial charge in [-0.1, -0.05) is 0 Å². The van der Waals surface area contributed by atoms with Gasteiger partial charge in [0, 0.05) is 0 Å². The molecule has 0 aromatic heterocycles. The fourth-order valence-corrected chi connectivity index (χ4v) is 4.53.